The molecule has 1 saturated heterocycles. The summed E-state index contributed by atoms with van der Waals surface area (Å²) in [4.78, 5) is 4.30. The van der Waals surface area contributed by atoms with E-state index >= 15 is 0 Å². The monoisotopic (exact) mass is 240 g/mol. The summed E-state index contributed by atoms with van der Waals surface area (Å²) in [6.45, 7) is 5.10. The van der Waals surface area contributed by atoms with Crippen LogP contribution in [0.25, 0.3) is 0 Å². The van der Waals surface area contributed by atoms with Gasteiger partial charge in [-0.15, -0.1) is 0 Å². The summed E-state index contributed by atoms with van der Waals surface area (Å²) in [5, 5.41) is 7.81. The Bertz CT molecular complexity index is 318. The van der Waals surface area contributed by atoms with Crippen LogP contribution in [-0.2, 0) is 6.54 Å². The molecule has 1 fully saturated rings. The van der Waals surface area contributed by atoms with Crippen LogP contribution >= 0.6 is 11.8 Å². The van der Waals surface area contributed by atoms with Crippen LogP contribution in [0.3, 0.4) is 0 Å². The molecule has 0 spiro atoms. The van der Waals surface area contributed by atoms with Gasteiger partial charge in [0.05, 0.1) is 6.54 Å². The van der Waals surface area contributed by atoms with Crippen LogP contribution in [0.4, 0.5) is 0 Å². The second kappa shape index (κ2) is 5.68. The number of nitrogens with zero attached hydrogens (tertiary/aromatic N) is 3. The Morgan fingerprint density at radius 3 is 3.19 bits per heavy atom. The second-order valence-electron chi connectivity index (χ2n) is 4.51. The molecule has 90 valence electrons. The normalized spacial score (nSPS) is 21.6. The number of hydrogen-bond acceptors (Lipinski definition) is 4. The number of aromatic nitrogens is 3. The predicted molar refractivity (Wildman–Crippen MR) is 67.6 cm³/mol. The van der Waals surface area contributed by atoms with Crippen LogP contribution < -0.4 is 5.32 Å². The summed E-state index contributed by atoms with van der Waals surface area (Å²) in [5.41, 5.74) is 0. The Morgan fingerprint density at radius 2 is 2.50 bits per heavy atom. The van der Waals surface area contributed by atoms with Gasteiger partial charge in [0, 0.05) is 17.8 Å². The molecule has 0 bridgehead atoms. The molecule has 1 N–H and O–H groups in total. The van der Waals surface area contributed by atoms with Gasteiger partial charge in [0.25, 0.3) is 0 Å². The Balaban J connectivity index is 1.86. The van der Waals surface area contributed by atoms with Crippen LogP contribution in [0.5, 0.6) is 0 Å². The minimum absolute atomic E-state index is 0.389. The Labute approximate surface area is 101 Å². The fourth-order valence-electron chi connectivity index (χ4n) is 1.97. The summed E-state index contributed by atoms with van der Waals surface area (Å²) < 4.78 is 1.99. The lowest BCUT2D eigenvalue weighted by Crippen LogP contribution is -2.34. The molecule has 1 atom stereocenters. The summed E-state index contributed by atoms with van der Waals surface area (Å²) in [6.07, 6.45) is 4.27. The van der Waals surface area contributed by atoms with Crippen molar-refractivity contribution in [3.8, 4) is 0 Å². The Kier molecular flexibility index (Phi) is 4.23. The molecule has 5 heteroatoms. The molecule has 1 aliphatic rings. The van der Waals surface area contributed by atoms with Crippen molar-refractivity contribution in [2.75, 3.05) is 11.5 Å². The third-order valence-electron chi connectivity index (χ3n) is 2.85. The summed E-state index contributed by atoms with van der Waals surface area (Å²) in [6, 6.07) is 1.04. The average molecular weight is 240 g/mol. The highest BCUT2D eigenvalue weighted by atomic mass is 32.2. The quantitative estimate of drug-likeness (QED) is 0.872. The van der Waals surface area contributed by atoms with Crippen molar-refractivity contribution in [2.45, 2.75) is 45.3 Å². The highest BCUT2D eigenvalue weighted by Gasteiger charge is 2.14. The van der Waals surface area contributed by atoms with Crippen molar-refractivity contribution < 1.29 is 0 Å². The molecule has 2 heterocycles. The van der Waals surface area contributed by atoms with Gasteiger partial charge < -0.3 is 5.32 Å². The summed E-state index contributed by atoms with van der Waals surface area (Å²) in [5.74, 6) is 3.60. The van der Waals surface area contributed by atoms with Crippen LogP contribution in [0.15, 0.2) is 6.33 Å². The predicted octanol–water partition coefficient (Wildman–Crippen LogP) is 1.84. The maximum Gasteiger partial charge on any atom is 0.141 e. The molecule has 16 heavy (non-hydrogen) atoms. The summed E-state index contributed by atoms with van der Waals surface area (Å²) in [7, 11) is 0. The van der Waals surface area contributed by atoms with Gasteiger partial charge in [-0.25, -0.2) is 9.67 Å². The molecule has 4 nitrogen and oxygen atoms in total. The average Bonchev–Trinajstić information content (AvgIpc) is 2.76. The van der Waals surface area contributed by atoms with Crippen molar-refractivity contribution in [3.05, 3.63) is 12.2 Å². The zero-order chi connectivity index (χ0) is 11.4. The zero-order valence-electron chi connectivity index (χ0n) is 10.0. The molecule has 1 aliphatic heterocycles. The van der Waals surface area contributed by atoms with E-state index in [0.29, 0.717) is 12.1 Å². The van der Waals surface area contributed by atoms with E-state index in [4.69, 9.17) is 0 Å². The fourth-order valence-corrected chi connectivity index (χ4v) is 3.08. The first kappa shape index (κ1) is 11.9. The largest absolute Gasteiger partial charge is 0.306 e. The van der Waals surface area contributed by atoms with E-state index in [2.05, 4.69) is 29.2 Å². The van der Waals surface area contributed by atoms with Crippen LogP contribution in [0.2, 0.25) is 0 Å². The molecular formula is C11H20N4S. The lowest BCUT2D eigenvalue weighted by Gasteiger charge is -2.22. The van der Waals surface area contributed by atoms with Gasteiger partial charge in [0.1, 0.15) is 12.2 Å². The van der Waals surface area contributed by atoms with Crippen LogP contribution in [0.1, 0.15) is 38.6 Å². The molecular weight excluding hydrogens is 220 g/mol. The standard InChI is InChI=1S/C11H20N4S/c1-9(2)15-11(13-8-14-15)6-12-10-4-3-5-16-7-10/h8-10,12H,3-7H2,1-2H3. The SMILES string of the molecule is CC(C)n1ncnc1CNC1CCCSC1. The van der Waals surface area contributed by atoms with E-state index in [1.807, 2.05) is 16.4 Å². The fraction of sp³-hybridized carbons (Fsp3) is 0.818. The van der Waals surface area contributed by atoms with E-state index in [9.17, 15) is 0 Å². The molecule has 0 amide bonds. The number of rotatable bonds is 4. The lowest BCUT2D eigenvalue weighted by molar-refractivity contribution is 0.456. The highest BCUT2D eigenvalue weighted by Crippen LogP contribution is 2.17. The zero-order valence-corrected chi connectivity index (χ0v) is 10.8. The van der Waals surface area contributed by atoms with Crippen molar-refractivity contribution in [1.29, 1.82) is 0 Å². The number of nitrogens with one attached hydrogen (secondary N) is 1. The van der Waals surface area contributed by atoms with Crippen LogP contribution in [0, 0.1) is 0 Å². The van der Waals surface area contributed by atoms with Crippen molar-refractivity contribution in [2.24, 2.45) is 0 Å². The van der Waals surface area contributed by atoms with Crippen molar-refractivity contribution in [1.82, 2.24) is 20.1 Å². The van der Waals surface area contributed by atoms with Gasteiger partial charge in [-0.3, -0.25) is 0 Å². The molecule has 0 saturated carbocycles. The highest BCUT2D eigenvalue weighted by molar-refractivity contribution is 7.99. The summed E-state index contributed by atoms with van der Waals surface area (Å²) >= 11 is 2.05. The smallest absolute Gasteiger partial charge is 0.141 e. The van der Waals surface area contributed by atoms with Gasteiger partial charge in [0.2, 0.25) is 0 Å². The third kappa shape index (κ3) is 2.98. The van der Waals surface area contributed by atoms with Gasteiger partial charge in [-0.2, -0.15) is 16.9 Å². The first-order chi connectivity index (χ1) is 7.77. The molecule has 0 aromatic carbocycles. The molecule has 1 unspecified atom stereocenters. The molecule has 2 rings (SSSR count). The molecule has 0 radical (unpaired) electrons. The van der Waals surface area contributed by atoms with E-state index in [1.54, 1.807) is 6.33 Å². The minimum atomic E-state index is 0.389. The van der Waals surface area contributed by atoms with Gasteiger partial charge >= 0.3 is 0 Å². The third-order valence-corrected chi connectivity index (χ3v) is 4.06. The Morgan fingerprint density at radius 1 is 1.62 bits per heavy atom. The maximum absolute atomic E-state index is 4.30. The van der Waals surface area contributed by atoms with Gasteiger partial charge in [0.15, 0.2) is 0 Å². The molecule has 1 aromatic heterocycles. The second-order valence-corrected chi connectivity index (χ2v) is 5.66. The lowest BCUT2D eigenvalue weighted by atomic mass is 10.2. The minimum Gasteiger partial charge on any atom is -0.306 e. The van der Waals surface area contributed by atoms with E-state index < -0.39 is 0 Å². The number of hydrogen-bond donors (Lipinski definition) is 1. The molecule has 1 aromatic rings. The van der Waals surface area contributed by atoms with Gasteiger partial charge in [-0.1, -0.05) is 0 Å². The number of thioether (sulfide) groups is 1. The van der Waals surface area contributed by atoms with E-state index in [-0.39, 0.29) is 0 Å². The topological polar surface area (TPSA) is 42.7 Å². The Hall–Kier alpha value is -0.550. The van der Waals surface area contributed by atoms with E-state index in [1.165, 1.54) is 24.3 Å². The van der Waals surface area contributed by atoms with Crippen molar-refractivity contribution >= 4 is 11.8 Å². The molecule has 0 aliphatic carbocycles. The van der Waals surface area contributed by atoms with Crippen LogP contribution in [-0.4, -0.2) is 32.3 Å². The first-order valence-corrected chi connectivity index (χ1v) is 7.12. The first-order valence-electron chi connectivity index (χ1n) is 5.97. The van der Waals surface area contributed by atoms with Crippen molar-refractivity contribution in [3.63, 3.8) is 0 Å². The van der Waals surface area contributed by atoms with E-state index in [0.717, 1.165) is 12.4 Å². The van der Waals surface area contributed by atoms with Gasteiger partial charge in [-0.05, 0) is 32.4 Å². The maximum atomic E-state index is 4.30.